The Morgan fingerprint density at radius 3 is 2.29 bits per heavy atom. The Labute approximate surface area is 186 Å². The maximum absolute atomic E-state index is 12.8. The Morgan fingerprint density at radius 1 is 1.03 bits per heavy atom. The predicted octanol–water partition coefficient (Wildman–Crippen LogP) is 3.80. The standard InChI is InChI=1S/C25H34N2O3S/c1-21(16-17-23-12-6-3-7-13-23)26-25(28)24-15-8-18-27(20-24)31(29,30)19-9-14-22-10-4-2-5-11-22/h2-7,10-13,21,24H,8-9,14-20H2,1H3,(H,26,28). The van der Waals surface area contributed by atoms with E-state index in [4.69, 9.17) is 0 Å². The zero-order valence-electron chi connectivity index (χ0n) is 18.4. The fourth-order valence-electron chi connectivity index (χ4n) is 4.10. The molecule has 0 aromatic heterocycles. The molecular weight excluding hydrogens is 408 g/mol. The number of hydrogen-bond acceptors (Lipinski definition) is 3. The number of piperidine rings is 1. The molecule has 1 saturated heterocycles. The Kier molecular flexibility index (Phi) is 8.67. The van der Waals surface area contributed by atoms with E-state index in [9.17, 15) is 13.2 Å². The topological polar surface area (TPSA) is 66.5 Å². The van der Waals surface area contributed by atoms with Crippen LogP contribution >= 0.6 is 0 Å². The van der Waals surface area contributed by atoms with E-state index >= 15 is 0 Å². The summed E-state index contributed by atoms with van der Waals surface area (Å²) in [7, 11) is -3.34. The van der Waals surface area contributed by atoms with Crippen LogP contribution in [0.4, 0.5) is 0 Å². The van der Waals surface area contributed by atoms with E-state index < -0.39 is 10.0 Å². The van der Waals surface area contributed by atoms with Gasteiger partial charge in [-0.25, -0.2) is 12.7 Å². The van der Waals surface area contributed by atoms with Gasteiger partial charge in [0, 0.05) is 19.1 Å². The minimum absolute atomic E-state index is 0.0234. The van der Waals surface area contributed by atoms with Crippen LogP contribution < -0.4 is 5.32 Å². The van der Waals surface area contributed by atoms with Gasteiger partial charge in [-0.05, 0) is 56.6 Å². The van der Waals surface area contributed by atoms with Crippen LogP contribution in [-0.4, -0.2) is 43.5 Å². The lowest BCUT2D eigenvalue weighted by atomic mass is 9.98. The molecule has 1 N–H and O–H groups in total. The summed E-state index contributed by atoms with van der Waals surface area (Å²) in [5.41, 5.74) is 2.41. The van der Waals surface area contributed by atoms with Gasteiger partial charge < -0.3 is 5.32 Å². The molecule has 1 aliphatic heterocycles. The van der Waals surface area contributed by atoms with E-state index in [1.165, 1.54) is 9.87 Å². The molecule has 0 bridgehead atoms. The van der Waals surface area contributed by atoms with Crippen molar-refractivity contribution in [3.8, 4) is 0 Å². The largest absolute Gasteiger partial charge is 0.353 e. The molecule has 2 unspecified atom stereocenters. The summed E-state index contributed by atoms with van der Waals surface area (Å²) in [5, 5.41) is 3.10. The molecule has 0 saturated carbocycles. The van der Waals surface area contributed by atoms with Gasteiger partial charge in [0.25, 0.3) is 0 Å². The van der Waals surface area contributed by atoms with Crippen LogP contribution in [0.1, 0.15) is 43.7 Å². The first-order valence-corrected chi connectivity index (χ1v) is 12.9. The second-order valence-electron chi connectivity index (χ2n) is 8.54. The van der Waals surface area contributed by atoms with Gasteiger partial charge in [-0.3, -0.25) is 4.79 Å². The van der Waals surface area contributed by atoms with Crippen molar-refractivity contribution in [2.45, 2.75) is 51.5 Å². The summed E-state index contributed by atoms with van der Waals surface area (Å²) >= 11 is 0. The molecule has 3 rings (SSSR count). The van der Waals surface area contributed by atoms with Crippen molar-refractivity contribution < 1.29 is 13.2 Å². The minimum atomic E-state index is -3.34. The zero-order valence-corrected chi connectivity index (χ0v) is 19.2. The monoisotopic (exact) mass is 442 g/mol. The molecule has 1 fully saturated rings. The van der Waals surface area contributed by atoms with E-state index in [-0.39, 0.29) is 23.6 Å². The Morgan fingerprint density at radius 2 is 1.65 bits per heavy atom. The first kappa shape index (κ1) is 23.5. The lowest BCUT2D eigenvalue weighted by Gasteiger charge is -2.32. The van der Waals surface area contributed by atoms with Gasteiger partial charge in [0.1, 0.15) is 0 Å². The first-order valence-electron chi connectivity index (χ1n) is 11.3. The maximum Gasteiger partial charge on any atom is 0.224 e. The zero-order chi connectivity index (χ0) is 22.1. The summed E-state index contributed by atoms with van der Waals surface area (Å²) in [6.07, 6.45) is 4.59. The molecule has 0 spiro atoms. The van der Waals surface area contributed by atoms with Crippen molar-refractivity contribution in [1.82, 2.24) is 9.62 Å². The van der Waals surface area contributed by atoms with E-state index in [1.807, 2.05) is 55.5 Å². The molecule has 1 heterocycles. The third-order valence-corrected chi connectivity index (χ3v) is 7.88. The Bertz CT molecular complexity index is 916. The lowest BCUT2D eigenvalue weighted by Crippen LogP contribution is -2.47. The average molecular weight is 443 g/mol. The van der Waals surface area contributed by atoms with Crippen molar-refractivity contribution in [2.75, 3.05) is 18.8 Å². The predicted molar refractivity (Wildman–Crippen MR) is 125 cm³/mol. The number of carbonyl (C=O) groups is 1. The highest BCUT2D eigenvalue weighted by molar-refractivity contribution is 7.89. The van der Waals surface area contributed by atoms with Crippen molar-refractivity contribution in [3.05, 3.63) is 71.8 Å². The third kappa shape index (κ3) is 7.47. The number of benzene rings is 2. The highest BCUT2D eigenvalue weighted by Gasteiger charge is 2.32. The molecule has 1 amide bonds. The second-order valence-corrected chi connectivity index (χ2v) is 10.6. The first-order chi connectivity index (χ1) is 14.9. The fourth-order valence-corrected chi connectivity index (χ4v) is 5.68. The van der Waals surface area contributed by atoms with Crippen LogP contribution in [-0.2, 0) is 27.7 Å². The summed E-state index contributed by atoms with van der Waals surface area (Å²) in [4.78, 5) is 12.8. The third-order valence-electron chi connectivity index (χ3n) is 5.96. The van der Waals surface area contributed by atoms with Gasteiger partial charge in [-0.1, -0.05) is 60.7 Å². The normalized spacial score (nSPS) is 18.4. The van der Waals surface area contributed by atoms with Crippen molar-refractivity contribution in [2.24, 2.45) is 5.92 Å². The minimum Gasteiger partial charge on any atom is -0.353 e. The summed E-state index contributed by atoms with van der Waals surface area (Å²) in [5.74, 6) is -0.162. The highest BCUT2D eigenvalue weighted by atomic mass is 32.2. The van der Waals surface area contributed by atoms with E-state index in [2.05, 4.69) is 17.4 Å². The van der Waals surface area contributed by atoms with Crippen LogP contribution in [0.2, 0.25) is 0 Å². The van der Waals surface area contributed by atoms with Gasteiger partial charge in [-0.15, -0.1) is 0 Å². The molecular formula is C25H34N2O3S. The van der Waals surface area contributed by atoms with Crippen LogP contribution in [0.25, 0.3) is 0 Å². The number of nitrogens with zero attached hydrogens (tertiary/aromatic N) is 1. The molecule has 5 nitrogen and oxygen atoms in total. The molecule has 2 aromatic rings. The highest BCUT2D eigenvalue weighted by Crippen LogP contribution is 2.21. The number of sulfonamides is 1. The molecule has 2 aromatic carbocycles. The molecule has 168 valence electrons. The van der Waals surface area contributed by atoms with Gasteiger partial charge >= 0.3 is 0 Å². The Balaban J connectivity index is 1.45. The van der Waals surface area contributed by atoms with Crippen LogP contribution in [0.15, 0.2) is 60.7 Å². The molecule has 0 aliphatic carbocycles. The van der Waals surface area contributed by atoms with Crippen LogP contribution in [0, 0.1) is 5.92 Å². The number of rotatable bonds is 10. The van der Waals surface area contributed by atoms with E-state index in [0.717, 1.165) is 37.7 Å². The lowest BCUT2D eigenvalue weighted by molar-refractivity contribution is -0.126. The Hall–Kier alpha value is -2.18. The number of hydrogen-bond donors (Lipinski definition) is 1. The number of carbonyl (C=O) groups excluding carboxylic acids is 1. The van der Waals surface area contributed by atoms with E-state index in [1.54, 1.807) is 0 Å². The SMILES string of the molecule is CC(CCc1ccccc1)NC(=O)C1CCCN(S(=O)(=O)CCCc2ccccc2)C1. The fraction of sp³-hybridized carbons (Fsp3) is 0.480. The maximum atomic E-state index is 12.8. The van der Waals surface area contributed by atoms with Crippen molar-refractivity contribution in [1.29, 1.82) is 0 Å². The molecule has 1 aliphatic rings. The summed E-state index contributed by atoms with van der Waals surface area (Å²) < 4.78 is 27.2. The quantitative estimate of drug-likeness (QED) is 0.609. The smallest absolute Gasteiger partial charge is 0.224 e. The van der Waals surface area contributed by atoms with E-state index in [0.29, 0.717) is 19.5 Å². The number of nitrogens with one attached hydrogen (secondary N) is 1. The second kappa shape index (κ2) is 11.4. The van der Waals surface area contributed by atoms with Gasteiger partial charge in [-0.2, -0.15) is 0 Å². The number of aryl methyl sites for hydroxylation is 2. The van der Waals surface area contributed by atoms with Gasteiger partial charge in [0.2, 0.25) is 15.9 Å². The van der Waals surface area contributed by atoms with Gasteiger partial charge in [0.15, 0.2) is 0 Å². The van der Waals surface area contributed by atoms with Crippen LogP contribution in [0.3, 0.4) is 0 Å². The summed E-state index contributed by atoms with van der Waals surface area (Å²) in [6, 6.07) is 20.2. The average Bonchev–Trinajstić information content (AvgIpc) is 2.79. The van der Waals surface area contributed by atoms with Gasteiger partial charge in [0.05, 0.1) is 11.7 Å². The van der Waals surface area contributed by atoms with Crippen LogP contribution in [0.5, 0.6) is 0 Å². The van der Waals surface area contributed by atoms with Crippen molar-refractivity contribution in [3.63, 3.8) is 0 Å². The molecule has 2 atom stereocenters. The number of amides is 1. The summed E-state index contributed by atoms with van der Waals surface area (Å²) in [6.45, 7) is 2.83. The molecule has 0 radical (unpaired) electrons. The molecule has 6 heteroatoms. The van der Waals surface area contributed by atoms with Crippen molar-refractivity contribution >= 4 is 15.9 Å². The molecule has 31 heavy (non-hydrogen) atoms.